The summed E-state index contributed by atoms with van der Waals surface area (Å²) in [6.45, 7) is 8.60. The molecule has 1 aliphatic heterocycles. The fourth-order valence-corrected chi connectivity index (χ4v) is 4.88. The third-order valence-corrected chi connectivity index (χ3v) is 7.36. The summed E-state index contributed by atoms with van der Waals surface area (Å²) in [6, 6.07) is 17.7. The van der Waals surface area contributed by atoms with E-state index in [-0.39, 0.29) is 17.9 Å². The molecular weight excluding hydrogens is 492 g/mol. The van der Waals surface area contributed by atoms with E-state index in [2.05, 4.69) is 22.0 Å². The van der Waals surface area contributed by atoms with Gasteiger partial charge in [0.15, 0.2) is 0 Å². The number of carbonyl (C=O) groups excluding carboxylic acids is 2. The van der Waals surface area contributed by atoms with E-state index in [1.807, 2.05) is 75.6 Å². The molecule has 0 aromatic heterocycles. The molecule has 3 rings (SSSR count). The van der Waals surface area contributed by atoms with Crippen LogP contribution >= 0.6 is 0 Å². The van der Waals surface area contributed by atoms with Crippen molar-refractivity contribution in [3.05, 3.63) is 65.7 Å². The van der Waals surface area contributed by atoms with Gasteiger partial charge in [-0.05, 0) is 62.9 Å². The van der Waals surface area contributed by atoms with Crippen molar-refractivity contribution in [2.24, 2.45) is 5.92 Å². The fraction of sp³-hybridized carbons (Fsp3) is 0.548. The van der Waals surface area contributed by atoms with E-state index in [0.717, 1.165) is 43.6 Å². The quantitative estimate of drug-likeness (QED) is 0.344. The summed E-state index contributed by atoms with van der Waals surface area (Å²) in [4.78, 5) is 31.7. The minimum atomic E-state index is -0.0718. The van der Waals surface area contributed by atoms with Crippen LogP contribution in [0.1, 0.15) is 48.5 Å². The van der Waals surface area contributed by atoms with Gasteiger partial charge in [-0.2, -0.15) is 0 Å². The minimum Gasteiger partial charge on any atom is -0.381 e. The molecule has 2 aromatic rings. The van der Waals surface area contributed by atoms with E-state index in [4.69, 9.17) is 9.47 Å². The monoisotopic (exact) mass is 538 g/mol. The Morgan fingerprint density at radius 3 is 2.51 bits per heavy atom. The van der Waals surface area contributed by atoms with Crippen molar-refractivity contribution < 1.29 is 19.1 Å². The van der Waals surface area contributed by atoms with Gasteiger partial charge in [0.05, 0.1) is 26.0 Å². The maximum Gasteiger partial charge on any atom is 0.251 e. The Balaban J connectivity index is 1.43. The number of hydrogen-bond acceptors (Lipinski definition) is 6. The zero-order chi connectivity index (χ0) is 28.0. The van der Waals surface area contributed by atoms with Crippen LogP contribution in [0.5, 0.6) is 0 Å². The van der Waals surface area contributed by atoms with Crippen molar-refractivity contribution in [3.8, 4) is 0 Å². The van der Waals surface area contributed by atoms with E-state index < -0.39 is 0 Å². The summed E-state index contributed by atoms with van der Waals surface area (Å²) in [5, 5.41) is 3.23. The van der Waals surface area contributed by atoms with E-state index in [0.29, 0.717) is 51.1 Å². The molecule has 0 saturated carbocycles. The lowest BCUT2D eigenvalue weighted by Gasteiger charge is -2.31. The lowest BCUT2D eigenvalue weighted by atomic mass is 9.92. The second-order valence-corrected chi connectivity index (χ2v) is 10.5. The zero-order valence-electron chi connectivity index (χ0n) is 24.1. The van der Waals surface area contributed by atoms with Crippen LogP contribution in [0.25, 0.3) is 0 Å². The van der Waals surface area contributed by atoms with Crippen molar-refractivity contribution in [1.82, 2.24) is 15.1 Å². The number of nitrogens with one attached hydrogen (secondary N) is 1. The Bertz CT molecular complexity index is 1010. The third-order valence-electron chi connectivity index (χ3n) is 7.36. The average molecular weight is 539 g/mol. The molecule has 0 spiro atoms. The van der Waals surface area contributed by atoms with Crippen LogP contribution in [0.4, 0.5) is 5.69 Å². The second kappa shape index (κ2) is 16.2. The smallest absolute Gasteiger partial charge is 0.251 e. The van der Waals surface area contributed by atoms with Crippen LogP contribution in [0.3, 0.4) is 0 Å². The van der Waals surface area contributed by atoms with Gasteiger partial charge < -0.3 is 24.6 Å². The van der Waals surface area contributed by atoms with Gasteiger partial charge in [0.1, 0.15) is 0 Å². The first kappa shape index (κ1) is 30.6. The highest BCUT2D eigenvalue weighted by atomic mass is 16.5. The highest BCUT2D eigenvalue weighted by Crippen LogP contribution is 2.20. The number of aryl methyl sites for hydroxylation is 1. The maximum absolute atomic E-state index is 13.0. The van der Waals surface area contributed by atoms with Gasteiger partial charge in [0.2, 0.25) is 5.91 Å². The van der Waals surface area contributed by atoms with E-state index in [1.54, 1.807) is 4.90 Å². The van der Waals surface area contributed by atoms with Crippen molar-refractivity contribution >= 4 is 17.5 Å². The minimum absolute atomic E-state index is 0.0633. The molecule has 0 unspecified atom stereocenters. The molecule has 1 aliphatic rings. The van der Waals surface area contributed by atoms with Gasteiger partial charge in [-0.15, -0.1) is 0 Å². The number of hydrogen-bond donors (Lipinski definition) is 1. The third kappa shape index (κ3) is 10.3. The Kier molecular flexibility index (Phi) is 12.7. The molecule has 1 fully saturated rings. The lowest BCUT2D eigenvalue weighted by molar-refractivity contribution is -0.130. The molecule has 1 heterocycles. The van der Waals surface area contributed by atoms with Crippen LogP contribution in [0.15, 0.2) is 54.6 Å². The average Bonchev–Trinajstić information content (AvgIpc) is 2.96. The van der Waals surface area contributed by atoms with Crippen molar-refractivity contribution in [3.63, 3.8) is 0 Å². The fourth-order valence-electron chi connectivity index (χ4n) is 4.88. The zero-order valence-corrected chi connectivity index (χ0v) is 24.1. The number of nitrogens with zero attached hydrogens (tertiary/aromatic N) is 3. The Labute approximate surface area is 234 Å². The van der Waals surface area contributed by atoms with Crippen LogP contribution in [-0.4, -0.2) is 88.1 Å². The standard InChI is InChI=1S/C31H46N4O4/c1-5-35(18-10-15-30(36)34(4)23-33(3)28-13-7-6-8-14-28)24-39-22-29(26-16-19-38-20-17-26)32-31(37)27-12-9-11-25(2)21-27/h6-9,11-14,21,26,29H,5,10,15-20,22-24H2,1-4H3,(H,32,37)/t29-/m0/s1. The highest BCUT2D eigenvalue weighted by Gasteiger charge is 2.26. The van der Waals surface area contributed by atoms with Gasteiger partial charge in [-0.3, -0.25) is 14.5 Å². The van der Waals surface area contributed by atoms with Gasteiger partial charge in [0.25, 0.3) is 5.91 Å². The number of carbonyl (C=O) groups is 2. The molecule has 1 N–H and O–H groups in total. The summed E-state index contributed by atoms with van der Waals surface area (Å²) in [6.07, 6.45) is 3.08. The first-order valence-corrected chi connectivity index (χ1v) is 14.1. The summed E-state index contributed by atoms with van der Waals surface area (Å²) < 4.78 is 11.7. The molecule has 0 radical (unpaired) electrons. The van der Waals surface area contributed by atoms with Crippen LogP contribution in [-0.2, 0) is 14.3 Å². The van der Waals surface area contributed by atoms with Crippen molar-refractivity contribution in [2.45, 2.75) is 45.6 Å². The normalized spacial score (nSPS) is 14.7. The van der Waals surface area contributed by atoms with Crippen LogP contribution in [0, 0.1) is 12.8 Å². The first-order valence-electron chi connectivity index (χ1n) is 14.1. The number of rotatable bonds is 15. The summed E-state index contributed by atoms with van der Waals surface area (Å²) in [5.74, 6) is 0.393. The molecule has 8 heteroatoms. The molecule has 214 valence electrons. The van der Waals surface area contributed by atoms with Gasteiger partial charge in [-0.1, -0.05) is 42.8 Å². The molecule has 2 aromatic carbocycles. The molecule has 39 heavy (non-hydrogen) atoms. The number of para-hydroxylation sites is 1. The van der Waals surface area contributed by atoms with Crippen molar-refractivity contribution in [2.75, 3.05) is 65.3 Å². The predicted molar refractivity (Wildman–Crippen MR) is 156 cm³/mol. The highest BCUT2D eigenvalue weighted by molar-refractivity contribution is 5.94. The lowest BCUT2D eigenvalue weighted by Crippen LogP contribution is -2.46. The largest absolute Gasteiger partial charge is 0.381 e. The maximum atomic E-state index is 13.0. The molecule has 8 nitrogen and oxygen atoms in total. The number of anilines is 1. The first-order chi connectivity index (χ1) is 18.9. The molecule has 2 amide bonds. The summed E-state index contributed by atoms with van der Waals surface area (Å²) >= 11 is 0. The topological polar surface area (TPSA) is 74.4 Å². The van der Waals surface area contributed by atoms with E-state index in [9.17, 15) is 9.59 Å². The molecule has 1 atom stereocenters. The second-order valence-electron chi connectivity index (χ2n) is 10.5. The van der Waals surface area contributed by atoms with Gasteiger partial charge in [0, 0.05) is 51.5 Å². The van der Waals surface area contributed by atoms with E-state index >= 15 is 0 Å². The van der Waals surface area contributed by atoms with Crippen LogP contribution in [0.2, 0.25) is 0 Å². The summed E-state index contributed by atoms with van der Waals surface area (Å²) in [5.41, 5.74) is 2.82. The Morgan fingerprint density at radius 2 is 1.82 bits per heavy atom. The Hall–Kier alpha value is -2.94. The molecule has 0 aliphatic carbocycles. The predicted octanol–water partition coefficient (Wildman–Crippen LogP) is 4.15. The molecular formula is C31H46N4O4. The van der Waals surface area contributed by atoms with Gasteiger partial charge in [-0.25, -0.2) is 0 Å². The van der Waals surface area contributed by atoms with Gasteiger partial charge >= 0.3 is 0 Å². The van der Waals surface area contributed by atoms with E-state index in [1.165, 1.54) is 0 Å². The summed E-state index contributed by atoms with van der Waals surface area (Å²) in [7, 11) is 3.84. The number of amides is 2. The Morgan fingerprint density at radius 1 is 1.08 bits per heavy atom. The van der Waals surface area contributed by atoms with Crippen LogP contribution < -0.4 is 10.2 Å². The SMILES string of the molecule is CCN(CCCC(=O)N(C)CN(C)c1ccccc1)COC[C@H](NC(=O)c1cccc(C)c1)C1CCOCC1. The van der Waals surface area contributed by atoms with Crippen molar-refractivity contribution in [1.29, 1.82) is 0 Å². The molecule has 0 bridgehead atoms. The molecule has 1 saturated heterocycles. The number of ether oxygens (including phenoxy) is 2. The number of benzene rings is 2.